The van der Waals surface area contributed by atoms with Gasteiger partial charge in [0.2, 0.25) is 11.8 Å². The highest BCUT2D eigenvalue weighted by Crippen LogP contribution is 2.32. The quantitative estimate of drug-likeness (QED) is 0.183. The van der Waals surface area contributed by atoms with Crippen molar-refractivity contribution in [1.29, 1.82) is 0 Å². The molecule has 48 heavy (non-hydrogen) atoms. The molecule has 9 nitrogen and oxygen atoms in total. The number of carbonyl (C=O) groups excluding carboxylic acids is 2. The molecule has 0 heterocycles. The lowest BCUT2D eigenvalue weighted by atomic mass is 10.0. The van der Waals surface area contributed by atoms with Crippen LogP contribution in [0.25, 0.3) is 0 Å². The van der Waals surface area contributed by atoms with Gasteiger partial charge in [0.05, 0.1) is 24.8 Å². The molecule has 1 aliphatic rings. The van der Waals surface area contributed by atoms with Gasteiger partial charge in [-0.2, -0.15) is 0 Å². The zero-order valence-electron chi connectivity index (χ0n) is 27.0. The standard InChI is InChI=1S/C37H40FN3O6S/c1-46-34-22-21-32(24-35(34)47-2)48(44,45)41(31-19-17-29(38)18-20-31)26-36(42)40(25-28-13-7-4-8-14-28)33(23-27-11-5-3-6-12-27)37(43)39-30-15-9-10-16-30/h3-8,11-14,17-22,24,30,33H,9-10,15-16,23,25-26H2,1-2H3,(H,39,43). The summed E-state index contributed by atoms with van der Waals surface area (Å²) in [6.45, 7) is -0.597. The fourth-order valence-corrected chi connectivity index (χ4v) is 7.37. The Kier molecular flexibility index (Phi) is 11.3. The van der Waals surface area contributed by atoms with Gasteiger partial charge in [-0.25, -0.2) is 12.8 Å². The molecule has 1 aliphatic carbocycles. The Balaban J connectivity index is 1.57. The molecule has 1 N–H and O–H groups in total. The second-order valence-electron chi connectivity index (χ2n) is 11.7. The molecular weight excluding hydrogens is 633 g/mol. The van der Waals surface area contributed by atoms with Crippen LogP contribution in [0.2, 0.25) is 0 Å². The van der Waals surface area contributed by atoms with Crippen LogP contribution in [0.15, 0.2) is 108 Å². The smallest absolute Gasteiger partial charge is 0.264 e. The summed E-state index contributed by atoms with van der Waals surface area (Å²) in [6.07, 6.45) is 3.97. The van der Waals surface area contributed by atoms with Crippen molar-refractivity contribution in [2.75, 3.05) is 25.1 Å². The number of nitrogens with zero attached hydrogens (tertiary/aromatic N) is 2. The average Bonchev–Trinajstić information content (AvgIpc) is 3.62. The van der Waals surface area contributed by atoms with Crippen LogP contribution < -0.4 is 19.1 Å². The van der Waals surface area contributed by atoms with Gasteiger partial charge in [-0.1, -0.05) is 73.5 Å². The number of nitrogens with one attached hydrogen (secondary N) is 1. The minimum atomic E-state index is -4.42. The van der Waals surface area contributed by atoms with Gasteiger partial charge in [0.25, 0.3) is 10.0 Å². The number of benzene rings is 4. The van der Waals surface area contributed by atoms with Gasteiger partial charge < -0.3 is 19.7 Å². The van der Waals surface area contributed by atoms with E-state index in [-0.39, 0.29) is 41.2 Å². The summed E-state index contributed by atoms with van der Waals surface area (Å²) in [5.74, 6) is -0.959. The maximum Gasteiger partial charge on any atom is 0.264 e. The molecule has 4 aromatic rings. The monoisotopic (exact) mass is 673 g/mol. The minimum Gasteiger partial charge on any atom is -0.493 e. The number of methoxy groups -OCH3 is 2. The van der Waals surface area contributed by atoms with E-state index in [0.29, 0.717) is 5.75 Å². The van der Waals surface area contributed by atoms with Gasteiger partial charge in [-0.05, 0) is 60.4 Å². The fourth-order valence-electron chi connectivity index (χ4n) is 5.94. The van der Waals surface area contributed by atoms with E-state index in [9.17, 15) is 22.4 Å². The molecule has 4 aromatic carbocycles. The number of ether oxygens (including phenoxy) is 2. The molecule has 0 saturated heterocycles. The van der Waals surface area contributed by atoms with E-state index in [1.165, 1.54) is 49.5 Å². The van der Waals surface area contributed by atoms with Gasteiger partial charge in [-0.3, -0.25) is 13.9 Å². The number of carbonyl (C=O) groups is 2. The van der Waals surface area contributed by atoms with Crippen LogP contribution in [-0.4, -0.2) is 58.0 Å². The Hall–Kier alpha value is -4.90. The molecular formula is C37H40FN3O6S. The first-order valence-corrected chi connectivity index (χ1v) is 17.3. The first kappa shape index (κ1) is 34.4. The second kappa shape index (κ2) is 15.8. The molecule has 0 aliphatic heterocycles. The van der Waals surface area contributed by atoms with E-state index in [0.717, 1.165) is 53.2 Å². The van der Waals surface area contributed by atoms with E-state index >= 15 is 0 Å². The Morgan fingerprint density at radius 1 is 0.833 bits per heavy atom. The summed E-state index contributed by atoms with van der Waals surface area (Å²) in [5.41, 5.74) is 1.70. The van der Waals surface area contributed by atoms with Crippen molar-refractivity contribution >= 4 is 27.5 Å². The van der Waals surface area contributed by atoms with Crippen molar-refractivity contribution in [1.82, 2.24) is 10.2 Å². The summed E-state index contributed by atoms with van der Waals surface area (Å²) >= 11 is 0. The van der Waals surface area contributed by atoms with Gasteiger partial charge >= 0.3 is 0 Å². The lowest BCUT2D eigenvalue weighted by Crippen LogP contribution is -2.54. The molecule has 11 heteroatoms. The van der Waals surface area contributed by atoms with Crippen molar-refractivity contribution in [3.63, 3.8) is 0 Å². The number of halogens is 1. The molecule has 0 radical (unpaired) electrons. The summed E-state index contributed by atoms with van der Waals surface area (Å²) in [5, 5.41) is 3.16. The van der Waals surface area contributed by atoms with E-state index in [1.807, 2.05) is 60.7 Å². The van der Waals surface area contributed by atoms with Crippen LogP contribution in [-0.2, 0) is 32.6 Å². The van der Waals surface area contributed by atoms with Crippen LogP contribution in [0.5, 0.6) is 11.5 Å². The molecule has 1 fully saturated rings. The lowest BCUT2D eigenvalue weighted by Gasteiger charge is -2.34. The van der Waals surface area contributed by atoms with Crippen molar-refractivity contribution in [3.05, 3.63) is 120 Å². The zero-order chi connectivity index (χ0) is 34.1. The molecule has 1 unspecified atom stereocenters. The Labute approximate surface area is 281 Å². The van der Waals surface area contributed by atoms with Gasteiger partial charge in [0, 0.05) is 25.1 Å². The van der Waals surface area contributed by atoms with E-state index in [1.54, 1.807) is 0 Å². The fraction of sp³-hybridized carbons (Fsp3) is 0.297. The Morgan fingerprint density at radius 3 is 2.04 bits per heavy atom. The topological polar surface area (TPSA) is 105 Å². The first-order chi connectivity index (χ1) is 23.2. The van der Waals surface area contributed by atoms with Crippen LogP contribution in [0.3, 0.4) is 0 Å². The maximum absolute atomic E-state index is 14.6. The Bertz CT molecular complexity index is 1780. The number of sulfonamides is 1. The van der Waals surface area contributed by atoms with Crippen molar-refractivity contribution in [2.45, 2.75) is 55.6 Å². The highest BCUT2D eigenvalue weighted by molar-refractivity contribution is 7.92. The molecule has 0 aromatic heterocycles. The van der Waals surface area contributed by atoms with Crippen molar-refractivity contribution in [2.24, 2.45) is 0 Å². The lowest BCUT2D eigenvalue weighted by molar-refractivity contribution is -0.140. The molecule has 252 valence electrons. The van der Waals surface area contributed by atoms with E-state index in [4.69, 9.17) is 9.47 Å². The predicted octanol–water partition coefficient (Wildman–Crippen LogP) is 5.74. The summed E-state index contributed by atoms with van der Waals surface area (Å²) in [4.78, 5) is 30.0. The van der Waals surface area contributed by atoms with Gasteiger partial charge in [-0.15, -0.1) is 0 Å². The number of hydrogen-bond acceptors (Lipinski definition) is 6. The SMILES string of the molecule is COc1ccc(S(=O)(=O)N(CC(=O)N(Cc2ccccc2)C(Cc2ccccc2)C(=O)NC2CCCC2)c2ccc(F)cc2)cc1OC. The van der Waals surface area contributed by atoms with Crippen LogP contribution >= 0.6 is 0 Å². The molecule has 0 bridgehead atoms. The highest BCUT2D eigenvalue weighted by Gasteiger charge is 2.36. The highest BCUT2D eigenvalue weighted by atomic mass is 32.2. The summed E-state index contributed by atoms with van der Waals surface area (Å²) in [7, 11) is -1.60. The largest absolute Gasteiger partial charge is 0.493 e. The molecule has 0 spiro atoms. The third kappa shape index (κ3) is 8.32. The molecule has 2 amide bonds. The number of hydrogen-bond donors (Lipinski definition) is 1. The number of anilines is 1. The molecule has 5 rings (SSSR count). The molecule has 1 atom stereocenters. The van der Waals surface area contributed by atoms with Crippen LogP contribution in [0.1, 0.15) is 36.8 Å². The molecule has 1 saturated carbocycles. The van der Waals surface area contributed by atoms with E-state index < -0.39 is 34.3 Å². The summed E-state index contributed by atoms with van der Waals surface area (Å²) < 4.78 is 54.2. The predicted molar refractivity (Wildman–Crippen MR) is 182 cm³/mol. The second-order valence-corrected chi connectivity index (χ2v) is 13.6. The summed E-state index contributed by atoms with van der Waals surface area (Å²) in [6, 6.07) is 26.7. The van der Waals surface area contributed by atoms with E-state index in [2.05, 4.69) is 5.32 Å². The van der Waals surface area contributed by atoms with Crippen LogP contribution in [0, 0.1) is 5.82 Å². The van der Waals surface area contributed by atoms with Gasteiger partial charge in [0.15, 0.2) is 11.5 Å². The zero-order valence-corrected chi connectivity index (χ0v) is 27.9. The number of amides is 2. The third-order valence-electron chi connectivity index (χ3n) is 8.50. The minimum absolute atomic E-state index is 0.00518. The maximum atomic E-state index is 14.6. The first-order valence-electron chi connectivity index (χ1n) is 15.9. The van der Waals surface area contributed by atoms with Crippen molar-refractivity contribution in [3.8, 4) is 11.5 Å². The van der Waals surface area contributed by atoms with Crippen molar-refractivity contribution < 1.29 is 31.9 Å². The third-order valence-corrected chi connectivity index (χ3v) is 10.3. The normalized spacial score (nSPS) is 13.8. The Morgan fingerprint density at radius 2 is 1.44 bits per heavy atom. The number of rotatable bonds is 14. The average molecular weight is 674 g/mol. The van der Waals surface area contributed by atoms with Gasteiger partial charge in [0.1, 0.15) is 18.4 Å². The van der Waals surface area contributed by atoms with Crippen LogP contribution in [0.4, 0.5) is 10.1 Å².